The Balaban J connectivity index is 1.80. The second-order valence-corrected chi connectivity index (χ2v) is 6.77. The fourth-order valence-electron chi connectivity index (χ4n) is 1.95. The Bertz CT molecular complexity index is 776. The molecule has 0 aliphatic carbocycles. The van der Waals surface area contributed by atoms with Crippen LogP contribution in [0.15, 0.2) is 30.5 Å². The van der Waals surface area contributed by atoms with Crippen LogP contribution in [0.2, 0.25) is 0 Å². The number of aromatic nitrogens is 1. The average Bonchev–Trinajstić information content (AvgIpc) is 3.01. The van der Waals surface area contributed by atoms with Crippen molar-refractivity contribution in [2.45, 2.75) is 13.5 Å². The molecule has 0 aliphatic heterocycles. The van der Waals surface area contributed by atoms with Crippen molar-refractivity contribution >= 4 is 44.5 Å². The van der Waals surface area contributed by atoms with Gasteiger partial charge in [0.2, 0.25) is 0 Å². The van der Waals surface area contributed by atoms with Crippen LogP contribution in [0.4, 0.5) is 5.69 Å². The molecule has 0 aliphatic rings. The topological polar surface area (TPSA) is 68.0 Å². The number of amides is 1. The highest BCUT2D eigenvalue weighted by Gasteiger charge is 2.16. The van der Waals surface area contributed by atoms with Crippen LogP contribution in [-0.4, -0.2) is 10.9 Å². The SMILES string of the molecule is Cc1ccc(CNC(=O)c2sc3ncccc3c2N)s1. The van der Waals surface area contributed by atoms with E-state index in [9.17, 15) is 4.79 Å². The fraction of sp³-hybridized carbons (Fsp3) is 0.143. The Morgan fingerprint density at radius 1 is 1.35 bits per heavy atom. The summed E-state index contributed by atoms with van der Waals surface area (Å²) in [4.78, 5) is 20.1. The molecule has 0 fully saturated rings. The van der Waals surface area contributed by atoms with Crippen LogP contribution < -0.4 is 11.1 Å². The normalized spacial score (nSPS) is 10.8. The maximum atomic E-state index is 12.2. The summed E-state index contributed by atoms with van der Waals surface area (Å²) >= 11 is 3.01. The molecular formula is C14H13N3OS2. The van der Waals surface area contributed by atoms with E-state index in [-0.39, 0.29) is 5.91 Å². The minimum atomic E-state index is -0.142. The number of rotatable bonds is 3. The third-order valence-electron chi connectivity index (χ3n) is 2.93. The van der Waals surface area contributed by atoms with Crippen LogP contribution in [0, 0.1) is 6.92 Å². The zero-order valence-corrected chi connectivity index (χ0v) is 12.5. The molecule has 3 N–H and O–H groups in total. The van der Waals surface area contributed by atoms with Crippen LogP contribution in [0.5, 0.6) is 0 Å². The smallest absolute Gasteiger partial charge is 0.263 e. The van der Waals surface area contributed by atoms with Gasteiger partial charge in [-0.1, -0.05) is 0 Å². The summed E-state index contributed by atoms with van der Waals surface area (Å²) in [5, 5.41) is 3.75. The lowest BCUT2D eigenvalue weighted by atomic mass is 10.2. The second-order valence-electron chi connectivity index (χ2n) is 4.40. The van der Waals surface area contributed by atoms with Gasteiger partial charge in [0, 0.05) is 21.3 Å². The number of nitrogens with two attached hydrogens (primary N) is 1. The van der Waals surface area contributed by atoms with Crippen molar-refractivity contribution in [3.63, 3.8) is 0 Å². The van der Waals surface area contributed by atoms with E-state index in [1.54, 1.807) is 17.5 Å². The van der Waals surface area contributed by atoms with Gasteiger partial charge in [-0.3, -0.25) is 4.79 Å². The molecule has 6 heteroatoms. The largest absolute Gasteiger partial charge is 0.397 e. The summed E-state index contributed by atoms with van der Waals surface area (Å²) in [6.07, 6.45) is 1.70. The van der Waals surface area contributed by atoms with Crippen molar-refractivity contribution in [1.82, 2.24) is 10.3 Å². The van der Waals surface area contributed by atoms with Gasteiger partial charge in [-0.2, -0.15) is 0 Å². The highest BCUT2D eigenvalue weighted by atomic mass is 32.1. The zero-order valence-electron chi connectivity index (χ0n) is 10.8. The van der Waals surface area contributed by atoms with Gasteiger partial charge in [0.25, 0.3) is 5.91 Å². The van der Waals surface area contributed by atoms with Gasteiger partial charge < -0.3 is 11.1 Å². The van der Waals surface area contributed by atoms with Gasteiger partial charge >= 0.3 is 0 Å². The molecule has 20 heavy (non-hydrogen) atoms. The predicted molar refractivity (Wildman–Crippen MR) is 84.3 cm³/mol. The lowest BCUT2D eigenvalue weighted by Crippen LogP contribution is -2.22. The molecular weight excluding hydrogens is 290 g/mol. The molecule has 0 saturated heterocycles. The summed E-state index contributed by atoms with van der Waals surface area (Å²) in [6.45, 7) is 2.57. The van der Waals surface area contributed by atoms with E-state index < -0.39 is 0 Å². The summed E-state index contributed by atoms with van der Waals surface area (Å²) in [6, 6.07) is 7.77. The molecule has 0 unspecified atom stereocenters. The molecule has 0 bridgehead atoms. The number of nitrogens with one attached hydrogen (secondary N) is 1. The van der Waals surface area contributed by atoms with Gasteiger partial charge in [0.1, 0.15) is 9.71 Å². The van der Waals surface area contributed by atoms with Gasteiger partial charge in [0.15, 0.2) is 0 Å². The number of aryl methyl sites for hydroxylation is 1. The third-order valence-corrected chi connectivity index (χ3v) is 5.06. The monoisotopic (exact) mass is 303 g/mol. The van der Waals surface area contributed by atoms with E-state index in [2.05, 4.69) is 10.3 Å². The Morgan fingerprint density at radius 2 is 2.20 bits per heavy atom. The molecule has 3 aromatic rings. The number of pyridine rings is 1. The van der Waals surface area contributed by atoms with Gasteiger partial charge in [-0.15, -0.1) is 22.7 Å². The minimum Gasteiger partial charge on any atom is -0.397 e. The van der Waals surface area contributed by atoms with E-state index in [4.69, 9.17) is 5.73 Å². The van der Waals surface area contributed by atoms with E-state index in [1.807, 2.05) is 31.2 Å². The molecule has 1 amide bonds. The van der Waals surface area contributed by atoms with E-state index in [0.717, 1.165) is 15.1 Å². The second kappa shape index (κ2) is 5.22. The van der Waals surface area contributed by atoms with Crippen LogP contribution in [0.1, 0.15) is 19.4 Å². The van der Waals surface area contributed by atoms with Crippen LogP contribution in [0.25, 0.3) is 10.2 Å². The highest BCUT2D eigenvalue weighted by Crippen LogP contribution is 2.31. The first kappa shape index (κ1) is 13.1. The van der Waals surface area contributed by atoms with Gasteiger partial charge in [-0.05, 0) is 31.2 Å². The lowest BCUT2D eigenvalue weighted by Gasteiger charge is -2.02. The molecule has 0 spiro atoms. The molecule has 4 nitrogen and oxygen atoms in total. The molecule has 102 valence electrons. The van der Waals surface area contributed by atoms with Gasteiger partial charge in [0.05, 0.1) is 12.2 Å². The summed E-state index contributed by atoms with van der Waals surface area (Å²) < 4.78 is 0. The standard InChI is InChI=1S/C14H13N3OS2/c1-8-4-5-9(19-8)7-17-13(18)12-11(15)10-3-2-6-16-14(10)20-12/h2-6H,7,15H2,1H3,(H,17,18). The fourth-order valence-corrected chi connectivity index (χ4v) is 3.76. The van der Waals surface area contributed by atoms with Crippen molar-refractivity contribution < 1.29 is 4.79 Å². The van der Waals surface area contributed by atoms with Crippen molar-refractivity contribution in [3.05, 3.63) is 45.1 Å². The summed E-state index contributed by atoms with van der Waals surface area (Å²) in [5.41, 5.74) is 6.54. The number of thiophene rings is 2. The minimum absolute atomic E-state index is 0.142. The van der Waals surface area contributed by atoms with Gasteiger partial charge in [-0.25, -0.2) is 4.98 Å². The lowest BCUT2D eigenvalue weighted by molar-refractivity contribution is 0.0956. The molecule has 0 atom stereocenters. The Kier molecular flexibility index (Phi) is 3.42. The van der Waals surface area contributed by atoms with E-state index in [1.165, 1.54) is 16.2 Å². The van der Waals surface area contributed by atoms with E-state index in [0.29, 0.717) is 17.1 Å². The third kappa shape index (κ3) is 2.39. The van der Waals surface area contributed by atoms with Crippen molar-refractivity contribution in [1.29, 1.82) is 0 Å². The van der Waals surface area contributed by atoms with Crippen molar-refractivity contribution in [2.24, 2.45) is 0 Å². The Labute approximate surface area is 124 Å². The number of carbonyl (C=O) groups excluding carboxylic acids is 1. The number of anilines is 1. The Morgan fingerprint density at radius 3 is 2.90 bits per heavy atom. The highest BCUT2D eigenvalue weighted by molar-refractivity contribution is 7.21. The van der Waals surface area contributed by atoms with Crippen molar-refractivity contribution in [3.8, 4) is 0 Å². The Hall–Kier alpha value is -1.92. The summed E-state index contributed by atoms with van der Waals surface area (Å²) in [5.74, 6) is -0.142. The summed E-state index contributed by atoms with van der Waals surface area (Å²) in [7, 11) is 0. The van der Waals surface area contributed by atoms with Crippen molar-refractivity contribution in [2.75, 3.05) is 5.73 Å². The maximum absolute atomic E-state index is 12.2. The first-order chi connectivity index (χ1) is 9.65. The molecule has 3 heterocycles. The molecule has 0 radical (unpaired) electrons. The number of nitrogens with zero attached hydrogens (tertiary/aromatic N) is 1. The number of hydrogen-bond donors (Lipinski definition) is 2. The number of carbonyl (C=O) groups is 1. The average molecular weight is 303 g/mol. The quantitative estimate of drug-likeness (QED) is 0.781. The first-order valence-electron chi connectivity index (χ1n) is 6.11. The van der Waals surface area contributed by atoms with Crippen LogP contribution in [0.3, 0.4) is 0 Å². The molecule has 0 saturated carbocycles. The maximum Gasteiger partial charge on any atom is 0.263 e. The molecule has 0 aromatic carbocycles. The van der Waals surface area contributed by atoms with E-state index >= 15 is 0 Å². The predicted octanol–water partition coefficient (Wildman–Crippen LogP) is 3.18. The number of hydrogen-bond acceptors (Lipinski definition) is 5. The zero-order chi connectivity index (χ0) is 14.1. The first-order valence-corrected chi connectivity index (χ1v) is 7.75. The van der Waals surface area contributed by atoms with Crippen LogP contribution >= 0.6 is 22.7 Å². The number of nitrogen functional groups attached to an aromatic ring is 1. The molecule has 3 rings (SSSR count). The molecule has 3 aromatic heterocycles. The van der Waals surface area contributed by atoms with Crippen LogP contribution in [-0.2, 0) is 6.54 Å². The number of fused-ring (bicyclic) bond motifs is 1.